The summed E-state index contributed by atoms with van der Waals surface area (Å²) >= 11 is 1.69. The first-order valence-electron chi connectivity index (χ1n) is 9.02. The standard InChI is InChI=1S/C21H21N3OS/c1-2-14-6-3-4-8-17(14)23-20(25)15-9-10-18-19(12-15)26-21(24-18)16-7-5-11-22-13-16/h3-8,11,13,15H,2,9-10,12H2,1H3,(H,23,25). The number of hydrogen-bond acceptors (Lipinski definition) is 4. The van der Waals surface area contributed by atoms with Crippen molar-refractivity contribution in [2.24, 2.45) is 5.92 Å². The number of nitrogens with zero attached hydrogens (tertiary/aromatic N) is 2. The Morgan fingerprint density at radius 2 is 2.15 bits per heavy atom. The van der Waals surface area contributed by atoms with Crippen LogP contribution in [0.15, 0.2) is 48.8 Å². The third-order valence-electron chi connectivity index (χ3n) is 4.88. The second kappa shape index (κ2) is 7.38. The Hall–Kier alpha value is -2.53. The summed E-state index contributed by atoms with van der Waals surface area (Å²) in [4.78, 5) is 23.0. The van der Waals surface area contributed by atoms with Crippen molar-refractivity contribution < 1.29 is 4.79 Å². The van der Waals surface area contributed by atoms with Crippen LogP contribution in [-0.2, 0) is 24.1 Å². The lowest BCUT2D eigenvalue weighted by Crippen LogP contribution is -2.28. The second-order valence-electron chi connectivity index (χ2n) is 6.57. The predicted molar refractivity (Wildman–Crippen MR) is 105 cm³/mol. The SMILES string of the molecule is CCc1ccccc1NC(=O)C1CCc2nc(-c3cccnc3)sc2C1. The second-order valence-corrected chi connectivity index (χ2v) is 7.65. The molecule has 0 aliphatic heterocycles. The molecule has 1 N–H and O–H groups in total. The summed E-state index contributed by atoms with van der Waals surface area (Å²) < 4.78 is 0. The highest BCUT2D eigenvalue weighted by Crippen LogP contribution is 2.34. The van der Waals surface area contributed by atoms with Gasteiger partial charge in [0.05, 0.1) is 5.69 Å². The first-order chi connectivity index (χ1) is 12.7. The van der Waals surface area contributed by atoms with Gasteiger partial charge in [-0.15, -0.1) is 11.3 Å². The molecule has 1 unspecified atom stereocenters. The van der Waals surface area contributed by atoms with E-state index >= 15 is 0 Å². The quantitative estimate of drug-likeness (QED) is 0.742. The summed E-state index contributed by atoms with van der Waals surface area (Å²) in [6.45, 7) is 2.11. The van der Waals surface area contributed by atoms with Crippen molar-refractivity contribution in [3.8, 4) is 10.6 Å². The van der Waals surface area contributed by atoms with Gasteiger partial charge >= 0.3 is 0 Å². The van der Waals surface area contributed by atoms with Crippen molar-refractivity contribution in [2.45, 2.75) is 32.6 Å². The summed E-state index contributed by atoms with van der Waals surface area (Å²) in [5.41, 5.74) is 4.30. The minimum atomic E-state index is 0.00890. The van der Waals surface area contributed by atoms with Gasteiger partial charge in [0.1, 0.15) is 5.01 Å². The molecule has 0 bridgehead atoms. The van der Waals surface area contributed by atoms with E-state index in [-0.39, 0.29) is 11.8 Å². The van der Waals surface area contributed by atoms with E-state index in [1.165, 1.54) is 10.4 Å². The summed E-state index contributed by atoms with van der Waals surface area (Å²) in [7, 11) is 0. The van der Waals surface area contributed by atoms with Gasteiger partial charge in [-0.2, -0.15) is 0 Å². The minimum absolute atomic E-state index is 0.00890. The zero-order valence-electron chi connectivity index (χ0n) is 14.7. The van der Waals surface area contributed by atoms with Crippen LogP contribution in [0.2, 0.25) is 0 Å². The Labute approximate surface area is 157 Å². The van der Waals surface area contributed by atoms with Crippen molar-refractivity contribution in [1.82, 2.24) is 9.97 Å². The number of para-hydroxylation sites is 1. The van der Waals surface area contributed by atoms with Crippen LogP contribution in [0.1, 0.15) is 29.5 Å². The fraction of sp³-hybridized carbons (Fsp3) is 0.286. The molecule has 1 aliphatic carbocycles. The van der Waals surface area contributed by atoms with Gasteiger partial charge in [0.2, 0.25) is 5.91 Å². The molecule has 1 aromatic carbocycles. The number of benzene rings is 1. The van der Waals surface area contributed by atoms with Crippen LogP contribution in [0.5, 0.6) is 0 Å². The lowest BCUT2D eigenvalue weighted by molar-refractivity contribution is -0.120. The first kappa shape index (κ1) is 16.9. The minimum Gasteiger partial charge on any atom is -0.326 e. The number of hydrogen-bond donors (Lipinski definition) is 1. The average Bonchev–Trinajstić information content (AvgIpc) is 3.12. The van der Waals surface area contributed by atoms with E-state index in [0.29, 0.717) is 0 Å². The maximum absolute atomic E-state index is 12.8. The molecule has 26 heavy (non-hydrogen) atoms. The van der Waals surface area contributed by atoms with Gasteiger partial charge in [0.15, 0.2) is 0 Å². The average molecular weight is 363 g/mol. The molecular formula is C21H21N3OS. The number of nitrogens with one attached hydrogen (secondary N) is 1. The number of aromatic nitrogens is 2. The molecular weight excluding hydrogens is 342 g/mol. The molecule has 5 heteroatoms. The molecule has 3 aromatic rings. The van der Waals surface area contributed by atoms with E-state index in [2.05, 4.69) is 23.3 Å². The number of rotatable bonds is 4. The van der Waals surface area contributed by atoms with E-state index < -0.39 is 0 Å². The van der Waals surface area contributed by atoms with Gasteiger partial charge in [-0.05, 0) is 49.4 Å². The summed E-state index contributed by atoms with van der Waals surface area (Å²) in [6.07, 6.45) is 7.01. The van der Waals surface area contributed by atoms with Crippen LogP contribution in [0, 0.1) is 5.92 Å². The monoisotopic (exact) mass is 363 g/mol. The maximum Gasteiger partial charge on any atom is 0.227 e. The largest absolute Gasteiger partial charge is 0.326 e. The number of carbonyl (C=O) groups excluding carboxylic acids is 1. The van der Waals surface area contributed by atoms with Crippen LogP contribution in [0.4, 0.5) is 5.69 Å². The zero-order valence-corrected chi connectivity index (χ0v) is 15.6. The predicted octanol–water partition coefficient (Wildman–Crippen LogP) is 4.51. The van der Waals surface area contributed by atoms with Crippen LogP contribution < -0.4 is 5.32 Å². The molecule has 0 spiro atoms. The van der Waals surface area contributed by atoms with E-state index in [1.54, 1.807) is 17.5 Å². The zero-order chi connectivity index (χ0) is 17.9. The van der Waals surface area contributed by atoms with Crippen molar-refractivity contribution in [1.29, 1.82) is 0 Å². The fourth-order valence-electron chi connectivity index (χ4n) is 3.40. The van der Waals surface area contributed by atoms with Crippen molar-refractivity contribution in [3.05, 3.63) is 64.9 Å². The van der Waals surface area contributed by atoms with Crippen LogP contribution >= 0.6 is 11.3 Å². The topological polar surface area (TPSA) is 54.9 Å². The maximum atomic E-state index is 12.8. The number of thiazole rings is 1. The molecule has 2 aromatic heterocycles. The normalized spacial score (nSPS) is 16.1. The van der Waals surface area contributed by atoms with Crippen LogP contribution in [-0.4, -0.2) is 15.9 Å². The van der Waals surface area contributed by atoms with Gasteiger partial charge in [0.25, 0.3) is 0 Å². The Morgan fingerprint density at radius 1 is 1.27 bits per heavy atom. The number of carbonyl (C=O) groups is 1. The summed E-state index contributed by atoms with van der Waals surface area (Å²) in [6, 6.07) is 12.0. The summed E-state index contributed by atoms with van der Waals surface area (Å²) in [5.74, 6) is 0.127. The smallest absolute Gasteiger partial charge is 0.227 e. The Kier molecular flexibility index (Phi) is 4.80. The summed E-state index contributed by atoms with van der Waals surface area (Å²) in [5, 5.41) is 4.14. The number of aryl methyl sites for hydroxylation is 2. The molecule has 0 radical (unpaired) electrons. The van der Waals surface area contributed by atoms with E-state index in [0.717, 1.165) is 47.6 Å². The van der Waals surface area contributed by atoms with Crippen molar-refractivity contribution in [2.75, 3.05) is 5.32 Å². The molecule has 0 fully saturated rings. The number of anilines is 1. The highest BCUT2D eigenvalue weighted by Gasteiger charge is 2.28. The molecule has 2 heterocycles. The Bertz CT molecular complexity index is 920. The molecule has 4 nitrogen and oxygen atoms in total. The third kappa shape index (κ3) is 3.40. The molecule has 0 saturated heterocycles. The van der Waals surface area contributed by atoms with Crippen molar-refractivity contribution >= 4 is 22.9 Å². The molecule has 1 atom stereocenters. The number of amides is 1. The fourth-order valence-corrected chi connectivity index (χ4v) is 4.57. The van der Waals surface area contributed by atoms with Crippen molar-refractivity contribution in [3.63, 3.8) is 0 Å². The highest BCUT2D eigenvalue weighted by atomic mass is 32.1. The van der Waals surface area contributed by atoms with Crippen LogP contribution in [0.3, 0.4) is 0 Å². The van der Waals surface area contributed by atoms with E-state index in [9.17, 15) is 4.79 Å². The highest BCUT2D eigenvalue weighted by molar-refractivity contribution is 7.15. The molecule has 132 valence electrons. The molecule has 1 aliphatic rings. The molecule has 0 saturated carbocycles. The van der Waals surface area contributed by atoms with Gasteiger partial charge in [0, 0.05) is 34.4 Å². The lowest BCUT2D eigenvalue weighted by atomic mass is 9.90. The van der Waals surface area contributed by atoms with Gasteiger partial charge in [-0.25, -0.2) is 4.98 Å². The first-order valence-corrected chi connectivity index (χ1v) is 9.84. The number of fused-ring (bicyclic) bond motifs is 1. The van der Waals surface area contributed by atoms with E-state index in [4.69, 9.17) is 4.98 Å². The van der Waals surface area contributed by atoms with Crippen LogP contribution in [0.25, 0.3) is 10.6 Å². The van der Waals surface area contributed by atoms with E-state index in [1.807, 2.05) is 36.5 Å². The van der Waals surface area contributed by atoms with Gasteiger partial charge in [-0.3, -0.25) is 9.78 Å². The lowest BCUT2D eigenvalue weighted by Gasteiger charge is -2.21. The third-order valence-corrected chi connectivity index (χ3v) is 6.04. The number of pyridine rings is 1. The Balaban J connectivity index is 1.50. The van der Waals surface area contributed by atoms with Gasteiger partial charge in [-0.1, -0.05) is 25.1 Å². The Morgan fingerprint density at radius 3 is 2.96 bits per heavy atom. The molecule has 4 rings (SSSR count). The molecule has 1 amide bonds. The van der Waals surface area contributed by atoms with Gasteiger partial charge < -0.3 is 5.32 Å².